The molecule has 0 aliphatic rings. The van der Waals surface area contributed by atoms with Crippen molar-refractivity contribution in [3.8, 4) is 5.75 Å². The lowest BCUT2D eigenvalue weighted by Gasteiger charge is -2.06. The molecule has 0 spiro atoms. The number of carbonyl (C=O) groups is 1. The number of halogens is 1. The van der Waals surface area contributed by atoms with Crippen molar-refractivity contribution in [2.75, 3.05) is 11.9 Å². The topological polar surface area (TPSA) is 49.3 Å². The van der Waals surface area contributed by atoms with Gasteiger partial charge in [-0.3, -0.25) is 4.79 Å². The maximum absolute atomic E-state index is 11.9. The van der Waals surface area contributed by atoms with Crippen LogP contribution in [0.2, 0.25) is 5.02 Å². The highest BCUT2D eigenvalue weighted by Crippen LogP contribution is 2.14. The van der Waals surface area contributed by atoms with Crippen LogP contribution in [-0.4, -0.2) is 17.4 Å². The number of benzene rings is 2. The summed E-state index contributed by atoms with van der Waals surface area (Å²) in [6.07, 6.45) is 0.396. The van der Waals surface area contributed by atoms with Gasteiger partial charge in [-0.05, 0) is 48.5 Å². The van der Waals surface area contributed by atoms with E-state index in [0.717, 1.165) is 5.69 Å². The van der Waals surface area contributed by atoms with Gasteiger partial charge in [0.25, 0.3) is 0 Å². The molecule has 0 aliphatic heterocycles. The molecule has 0 atom stereocenters. The van der Waals surface area contributed by atoms with Crippen LogP contribution in [0.5, 0.6) is 5.75 Å². The van der Waals surface area contributed by atoms with E-state index in [-0.39, 0.29) is 11.5 Å². The number of anilines is 1. The summed E-state index contributed by atoms with van der Waals surface area (Å²) in [7, 11) is 0. The molecule has 2 rings (SSSR count). The highest BCUT2D eigenvalue weighted by Gasteiger charge is 2.05. The lowest BCUT2D eigenvalue weighted by molar-refractivity contribution is 0.0986. The molecule has 2 aromatic rings. The lowest BCUT2D eigenvalue weighted by atomic mass is 10.1. The second-order valence-electron chi connectivity index (χ2n) is 4.15. The molecule has 0 fully saturated rings. The normalized spacial score (nSPS) is 10.2. The summed E-state index contributed by atoms with van der Waals surface area (Å²) in [5.74, 6) is 0.206. The van der Waals surface area contributed by atoms with Crippen molar-refractivity contribution < 1.29 is 9.90 Å². The van der Waals surface area contributed by atoms with Gasteiger partial charge >= 0.3 is 0 Å². The van der Waals surface area contributed by atoms with Crippen LogP contribution in [0.3, 0.4) is 0 Å². The molecule has 0 saturated heterocycles. The Bertz CT molecular complexity index is 549. The molecular weight excluding hydrogens is 262 g/mol. The predicted octanol–water partition coefficient (Wildman–Crippen LogP) is 3.73. The molecule has 98 valence electrons. The molecule has 3 nitrogen and oxygen atoms in total. The smallest absolute Gasteiger partial charge is 0.164 e. The van der Waals surface area contributed by atoms with Gasteiger partial charge in [0.2, 0.25) is 0 Å². The summed E-state index contributed by atoms with van der Waals surface area (Å²) in [6.45, 7) is 0.557. The number of hydrogen-bond acceptors (Lipinski definition) is 3. The summed E-state index contributed by atoms with van der Waals surface area (Å²) in [4.78, 5) is 11.9. The van der Waals surface area contributed by atoms with Crippen LogP contribution in [0.1, 0.15) is 16.8 Å². The van der Waals surface area contributed by atoms with Crippen molar-refractivity contribution in [3.05, 3.63) is 59.1 Å². The largest absolute Gasteiger partial charge is 0.508 e. The van der Waals surface area contributed by atoms with Crippen molar-refractivity contribution in [3.63, 3.8) is 0 Å². The average molecular weight is 276 g/mol. The molecule has 0 aliphatic carbocycles. The molecule has 4 heteroatoms. The summed E-state index contributed by atoms with van der Waals surface area (Å²) < 4.78 is 0. The molecule has 0 heterocycles. The number of aromatic hydroxyl groups is 1. The van der Waals surface area contributed by atoms with Crippen molar-refractivity contribution >= 4 is 23.1 Å². The fourth-order valence-corrected chi connectivity index (χ4v) is 1.81. The van der Waals surface area contributed by atoms with Crippen molar-refractivity contribution in [1.29, 1.82) is 0 Å². The van der Waals surface area contributed by atoms with E-state index in [1.165, 1.54) is 12.1 Å². The van der Waals surface area contributed by atoms with Crippen LogP contribution >= 0.6 is 11.6 Å². The molecule has 0 aromatic heterocycles. The van der Waals surface area contributed by atoms with E-state index in [1.807, 2.05) is 12.1 Å². The third kappa shape index (κ3) is 4.00. The highest BCUT2D eigenvalue weighted by molar-refractivity contribution is 6.30. The number of nitrogens with one attached hydrogen (secondary N) is 1. The number of phenolic OH excluding ortho intramolecular Hbond substituents is 1. The van der Waals surface area contributed by atoms with Gasteiger partial charge < -0.3 is 10.4 Å². The second-order valence-corrected chi connectivity index (χ2v) is 4.59. The molecule has 0 amide bonds. The number of rotatable bonds is 5. The monoisotopic (exact) mass is 275 g/mol. The molecule has 0 radical (unpaired) electrons. The Balaban J connectivity index is 1.84. The number of Topliss-reactive ketones (excluding diaryl/α,β-unsaturated/α-hetero) is 1. The van der Waals surface area contributed by atoms with Gasteiger partial charge in [-0.15, -0.1) is 0 Å². The SMILES string of the molecule is O=C(CCNc1ccc(Cl)cc1)c1ccc(O)cc1. The van der Waals surface area contributed by atoms with Gasteiger partial charge in [0.1, 0.15) is 5.75 Å². The average Bonchev–Trinajstić information content (AvgIpc) is 2.41. The van der Waals surface area contributed by atoms with E-state index >= 15 is 0 Å². The Hall–Kier alpha value is -2.00. The molecule has 0 bridgehead atoms. The third-order valence-corrected chi connectivity index (χ3v) is 2.97. The van der Waals surface area contributed by atoms with Crippen molar-refractivity contribution in [2.45, 2.75) is 6.42 Å². The van der Waals surface area contributed by atoms with E-state index in [1.54, 1.807) is 24.3 Å². The lowest BCUT2D eigenvalue weighted by Crippen LogP contribution is -2.08. The number of ketones is 1. The maximum Gasteiger partial charge on any atom is 0.164 e. The maximum atomic E-state index is 11.9. The van der Waals surface area contributed by atoms with Crippen LogP contribution in [0, 0.1) is 0 Å². The first kappa shape index (κ1) is 13.4. The van der Waals surface area contributed by atoms with Gasteiger partial charge in [-0.25, -0.2) is 0 Å². The number of carbonyl (C=O) groups excluding carboxylic acids is 1. The number of phenols is 1. The fraction of sp³-hybridized carbons (Fsp3) is 0.133. The molecular formula is C15H14ClNO2. The Morgan fingerprint density at radius 2 is 1.68 bits per heavy atom. The Morgan fingerprint density at radius 3 is 2.32 bits per heavy atom. The predicted molar refractivity (Wildman–Crippen MR) is 77.0 cm³/mol. The molecule has 0 unspecified atom stereocenters. The van der Waals surface area contributed by atoms with E-state index in [0.29, 0.717) is 23.6 Å². The minimum absolute atomic E-state index is 0.0430. The van der Waals surface area contributed by atoms with Crippen LogP contribution in [0.25, 0.3) is 0 Å². The first-order valence-electron chi connectivity index (χ1n) is 5.97. The van der Waals surface area contributed by atoms with Crippen LogP contribution in [0.15, 0.2) is 48.5 Å². The van der Waals surface area contributed by atoms with Gasteiger partial charge in [-0.2, -0.15) is 0 Å². The molecule has 0 saturated carbocycles. The minimum atomic E-state index is 0.0430. The second kappa shape index (κ2) is 6.25. The molecule has 2 aromatic carbocycles. The Morgan fingerprint density at radius 1 is 1.05 bits per heavy atom. The van der Waals surface area contributed by atoms with Crippen molar-refractivity contribution in [1.82, 2.24) is 0 Å². The zero-order valence-electron chi connectivity index (χ0n) is 10.3. The first-order chi connectivity index (χ1) is 9.15. The third-order valence-electron chi connectivity index (χ3n) is 2.71. The van der Waals surface area contributed by atoms with Crippen molar-refractivity contribution in [2.24, 2.45) is 0 Å². The zero-order valence-corrected chi connectivity index (χ0v) is 11.0. The van der Waals surface area contributed by atoms with Gasteiger partial charge in [-0.1, -0.05) is 11.6 Å². The van der Waals surface area contributed by atoms with E-state index < -0.39 is 0 Å². The number of hydrogen-bond donors (Lipinski definition) is 2. The van der Waals surface area contributed by atoms with Crippen LogP contribution in [-0.2, 0) is 0 Å². The van der Waals surface area contributed by atoms with E-state index in [9.17, 15) is 4.79 Å². The Kier molecular flexibility index (Phi) is 4.42. The quantitative estimate of drug-likeness (QED) is 0.818. The minimum Gasteiger partial charge on any atom is -0.508 e. The van der Waals surface area contributed by atoms with E-state index in [2.05, 4.69) is 5.32 Å². The van der Waals surface area contributed by atoms with Gasteiger partial charge in [0, 0.05) is 29.2 Å². The summed E-state index contributed by atoms with van der Waals surface area (Å²) in [5, 5.41) is 13.0. The first-order valence-corrected chi connectivity index (χ1v) is 6.34. The summed E-state index contributed by atoms with van der Waals surface area (Å²) in [6, 6.07) is 13.6. The Labute approximate surface area is 116 Å². The molecule has 2 N–H and O–H groups in total. The highest BCUT2D eigenvalue weighted by atomic mass is 35.5. The van der Waals surface area contributed by atoms with Gasteiger partial charge in [0.15, 0.2) is 5.78 Å². The summed E-state index contributed by atoms with van der Waals surface area (Å²) in [5.41, 5.74) is 1.54. The summed E-state index contributed by atoms with van der Waals surface area (Å²) >= 11 is 5.79. The fourth-order valence-electron chi connectivity index (χ4n) is 1.68. The molecule has 19 heavy (non-hydrogen) atoms. The van der Waals surface area contributed by atoms with Crippen LogP contribution < -0.4 is 5.32 Å². The van der Waals surface area contributed by atoms with Crippen LogP contribution in [0.4, 0.5) is 5.69 Å². The zero-order chi connectivity index (χ0) is 13.7. The standard InChI is InChI=1S/C15H14ClNO2/c16-12-3-5-13(6-4-12)17-10-9-15(19)11-1-7-14(18)8-2-11/h1-8,17-18H,9-10H2. The van der Waals surface area contributed by atoms with Gasteiger partial charge in [0.05, 0.1) is 0 Å². The van der Waals surface area contributed by atoms with E-state index in [4.69, 9.17) is 16.7 Å².